The summed E-state index contributed by atoms with van der Waals surface area (Å²) in [5.74, 6) is -0.166. The molecule has 2 heterocycles. The van der Waals surface area contributed by atoms with Gasteiger partial charge in [-0.05, 0) is 31.0 Å². The molecule has 0 radical (unpaired) electrons. The highest BCUT2D eigenvalue weighted by Crippen LogP contribution is 2.25. The van der Waals surface area contributed by atoms with E-state index in [0.717, 1.165) is 12.8 Å². The number of piperidine rings is 1. The fourth-order valence-corrected chi connectivity index (χ4v) is 3.73. The van der Waals surface area contributed by atoms with Crippen molar-refractivity contribution in [2.75, 3.05) is 39.4 Å². The molecular weight excluding hydrogens is 351 g/mol. The van der Waals surface area contributed by atoms with Crippen LogP contribution < -0.4 is 0 Å². The molecule has 24 heavy (non-hydrogen) atoms. The molecular formula is C17H20Cl2N2O3. The van der Waals surface area contributed by atoms with E-state index in [0.29, 0.717) is 55.0 Å². The number of carbonyl (C=O) groups excluding carboxylic acids is 2. The highest BCUT2D eigenvalue weighted by molar-refractivity contribution is 6.36. The standard InChI is InChI=1S/C17H20Cl2N2O3/c18-13-3-4-14(15(19)10-13)17(23)21-5-1-2-12(11-21)16(22)20-6-8-24-9-7-20/h3-4,10,12H,1-2,5-9,11H2. The molecule has 2 aliphatic heterocycles. The van der Waals surface area contributed by atoms with Crippen molar-refractivity contribution in [3.05, 3.63) is 33.8 Å². The molecule has 0 bridgehead atoms. The lowest BCUT2D eigenvalue weighted by atomic mass is 9.95. The molecule has 0 N–H and O–H groups in total. The van der Waals surface area contributed by atoms with Crippen molar-refractivity contribution in [2.24, 2.45) is 5.92 Å². The molecule has 3 rings (SSSR count). The Morgan fingerprint density at radius 2 is 1.83 bits per heavy atom. The molecule has 0 aromatic heterocycles. The van der Waals surface area contributed by atoms with E-state index in [2.05, 4.69) is 0 Å². The summed E-state index contributed by atoms with van der Waals surface area (Å²) in [5, 5.41) is 0.838. The van der Waals surface area contributed by atoms with Crippen LogP contribution in [0.3, 0.4) is 0 Å². The second-order valence-corrected chi connectivity index (χ2v) is 7.00. The van der Waals surface area contributed by atoms with Gasteiger partial charge < -0.3 is 14.5 Å². The van der Waals surface area contributed by atoms with E-state index in [1.807, 2.05) is 4.90 Å². The Morgan fingerprint density at radius 1 is 1.08 bits per heavy atom. The number of likely N-dealkylation sites (tertiary alicyclic amines) is 1. The van der Waals surface area contributed by atoms with Crippen LogP contribution in [0.1, 0.15) is 23.2 Å². The number of nitrogens with zero attached hydrogens (tertiary/aromatic N) is 2. The Bertz CT molecular complexity index is 632. The molecule has 7 heteroatoms. The SMILES string of the molecule is O=C(c1ccc(Cl)cc1Cl)N1CCCC(C(=O)N2CCOCC2)C1. The van der Waals surface area contributed by atoms with Crippen LogP contribution in [-0.2, 0) is 9.53 Å². The van der Waals surface area contributed by atoms with Gasteiger partial charge in [0.1, 0.15) is 0 Å². The van der Waals surface area contributed by atoms with Gasteiger partial charge in [0.05, 0.1) is 29.7 Å². The van der Waals surface area contributed by atoms with E-state index >= 15 is 0 Å². The zero-order chi connectivity index (χ0) is 17.1. The van der Waals surface area contributed by atoms with Gasteiger partial charge in [-0.3, -0.25) is 9.59 Å². The van der Waals surface area contributed by atoms with Crippen LogP contribution >= 0.6 is 23.2 Å². The van der Waals surface area contributed by atoms with Gasteiger partial charge in [0.25, 0.3) is 5.91 Å². The zero-order valence-corrected chi connectivity index (χ0v) is 14.9. The van der Waals surface area contributed by atoms with Crippen molar-refractivity contribution in [3.63, 3.8) is 0 Å². The maximum atomic E-state index is 12.7. The lowest BCUT2D eigenvalue weighted by molar-refractivity contribution is -0.141. The normalized spacial score (nSPS) is 21.7. The Labute approximate surface area is 151 Å². The number of carbonyl (C=O) groups is 2. The molecule has 1 aromatic carbocycles. The first-order chi connectivity index (χ1) is 11.6. The summed E-state index contributed by atoms with van der Waals surface area (Å²) in [7, 11) is 0. The average Bonchev–Trinajstić information content (AvgIpc) is 2.61. The third kappa shape index (κ3) is 3.85. The molecule has 2 aliphatic rings. The molecule has 0 spiro atoms. The highest BCUT2D eigenvalue weighted by Gasteiger charge is 2.32. The molecule has 0 saturated carbocycles. The number of rotatable bonds is 2. The fraction of sp³-hybridized carbons (Fsp3) is 0.529. The van der Waals surface area contributed by atoms with E-state index in [1.54, 1.807) is 23.1 Å². The number of hydrogen-bond donors (Lipinski definition) is 0. The maximum absolute atomic E-state index is 12.7. The molecule has 2 fully saturated rings. The second kappa shape index (κ2) is 7.72. The number of benzene rings is 1. The van der Waals surface area contributed by atoms with Gasteiger partial charge in [0.15, 0.2) is 0 Å². The molecule has 130 valence electrons. The third-order valence-electron chi connectivity index (χ3n) is 4.54. The molecule has 1 atom stereocenters. The average molecular weight is 371 g/mol. The van der Waals surface area contributed by atoms with E-state index in [1.165, 1.54) is 0 Å². The quantitative estimate of drug-likeness (QED) is 0.803. The topological polar surface area (TPSA) is 49.9 Å². The van der Waals surface area contributed by atoms with Crippen LogP contribution in [0.25, 0.3) is 0 Å². The Kier molecular flexibility index (Phi) is 5.64. The first-order valence-electron chi connectivity index (χ1n) is 8.17. The van der Waals surface area contributed by atoms with Crippen molar-refractivity contribution in [1.29, 1.82) is 0 Å². The molecule has 1 aromatic rings. The summed E-state index contributed by atoms with van der Waals surface area (Å²) in [6.45, 7) is 3.51. The predicted molar refractivity (Wildman–Crippen MR) is 92.5 cm³/mol. The van der Waals surface area contributed by atoms with Crippen molar-refractivity contribution in [2.45, 2.75) is 12.8 Å². The molecule has 5 nitrogen and oxygen atoms in total. The summed E-state index contributed by atoms with van der Waals surface area (Å²) >= 11 is 12.0. The Morgan fingerprint density at radius 3 is 2.54 bits per heavy atom. The van der Waals surface area contributed by atoms with Gasteiger partial charge in [-0.1, -0.05) is 23.2 Å². The van der Waals surface area contributed by atoms with E-state index in [4.69, 9.17) is 27.9 Å². The highest BCUT2D eigenvalue weighted by atomic mass is 35.5. The minimum absolute atomic E-state index is 0.123. The maximum Gasteiger partial charge on any atom is 0.255 e. The summed E-state index contributed by atoms with van der Waals surface area (Å²) < 4.78 is 5.29. The van der Waals surface area contributed by atoms with E-state index in [9.17, 15) is 9.59 Å². The summed E-state index contributed by atoms with van der Waals surface area (Å²) in [6.07, 6.45) is 1.63. The number of amides is 2. The smallest absolute Gasteiger partial charge is 0.255 e. The van der Waals surface area contributed by atoms with Crippen LogP contribution in [-0.4, -0.2) is 61.0 Å². The van der Waals surface area contributed by atoms with E-state index < -0.39 is 0 Å². The van der Waals surface area contributed by atoms with Crippen molar-refractivity contribution in [1.82, 2.24) is 9.80 Å². The predicted octanol–water partition coefficient (Wildman–Crippen LogP) is 2.70. The van der Waals surface area contributed by atoms with Crippen LogP contribution in [0, 0.1) is 5.92 Å². The van der Waals surface area contributed by atoms with Crippen molar-refractivity contribution >= 4 is 35.0 Å². The first kappa shape index (κ1) is 17.5. The molecule has 0 aliphatic carbocycles. The zero-order valence-electron chi connectivity index (χ0n) is 13.3. The lowest BCUT2D eigenvalue weighted by Crippen LogP contribution is -2.49. The second-order valence-electron chi connectivity index (χ2n) is 6.15. The van der Waals surface area contributed by atoms with Gasteiger partial charge in [-0.15, -0.1) is 0 Å². The van der Waals surface area contributed by atoms with Crippen LogP contribution in [0.4, 0.5) is 0 Å². The monoisotopic (exact) mass is 370 g/mol. The van der Waals surface area contributed by atoms with E-state index in [-0.39, 0.29) is 17.7 Å². The van der Waals surface area contributed by atoms with Gasteiger partial charge in [0, 0.05) is 31.2 Å². The van der Waals surface area contributed by atoms with Gasteiger partial charge in [0.2, 0.25) is 5.91 Å². The lowest BCUT2D eigenvalue weighted by Gasteiger charge is -2.36. The summed E-state index contributed by atoms with van der Waals surface area (Å²) in [5.41, 5.74) is 0.431. The molecule has 2 saturated heterocycles. The largest absolute Gasteiger partial charge is 0.378 e. The summed E-state index contributed by atoms with van der Waals surface area (Å²) in [6, 6.07) is 4.86. The minimum atomic E-state index is -0.146. The molecule has 2 amide bonds. The van der Waals surface area contributed by atoms with Crippen molar-refractivity contribution < 1.29 is 14.3 Å². The molecule has 1 unspecified atom stereocenters. The van der Waals surface area contributed by atoms with Crippen molar-refractivity contribution in [3.8, 4) is 0 Å². The number of halogens is 2. The van der Waals surface area contributed by atoms with Gasteiger partial charge >= 0.3 is 0 Å². The third-order valence-corrected chi connectivity index (χ3v) is 5.09. The Balaban J connectivity index is 1.68. The van der Waals surface area contributed by atoms with Gasteiger partial charge in [-0.2, -0.15) is 0 Å². The Hall–Kier alpha value is -1.30. The first-order valence-corrected chi connectivity index (χ1v) is 8.92. The number of ether oxygens (including phenoxy) is 1. The minimum Gasteiger partial charge on any atom is -0.378 e. The summed E-state index contributed by atoms with van der Waals surface area (Å²) in [4.78, 5) is 29.0. The number of hydrogen-bond acceptors (Lipinski definition) is 3. The fourth-order valence-electron chi connectivity index (χ4n) is 3.24. The van der Waals surface area contributed by atoms with Gasteiger partial charge in [-0.25, -0.2) is 0 Å². The number of morpholine rings is 1. The van der Waals surface area contributed by atoms with Crippen LogP contribution in [0.2, 0.25) is 10.0 Å². The van der Waals surface area contributed by atoms with Crippen LogP contribution in [0.15, 0.2) is 18.2 Å². The van der Waals surface area contributed by atoms with Crippen LogP contribution in [0.5, 0.6) is 0 Å².